The second kappa shape index (κ2) is 4.97. The lowest BCUT2D eigenvalue weighted by Gasteiger charge is -2.08. The molecule has 0 amide bonds. The standard InChI is InChI=1S/C14H11ClFNO2/c1-7(2)10-6-17-12-5-11(16)8(14(18)19-3)4-9(12)13(10)15/h4-6H,1H2,2-3H3. The normalized spacial score (nSPS) is 10.5. The fourth-order valence-electron chi connectivity index (χ4n) is 1.75. The Balaban J connectivity index is 2.78. The number of hydrogen-bond donors (Lipinski definition) is 0. The molecule has 0 saturated heterocycles. The third-order valence-electron chi connectivity index (χ3n) is 2.76. The molecular weight excluding hydrogens is 269 g/mol. The van der Waals surface area contributed by atoms with Gasteiger partial charge < -0.3 is 4.74 Å². The van der Waals surface area contributed by atoms with E-state index in [9.17, 15) is 9.18 Å². The van der Waals surface area contributed by atoms with Gasteiger partial charge in [0.1, 0.15) is 5.82 Å². The summed E-state index contributed by atoms with van der Waals surface area (Å²) >= 11 is 6.23. The Bertz CT molecular complexity index is 697. The molecule has 0 fully saturated rings. The first-order chi connectivity index (χ1) is 8.95. The van der Waals surface area contributed by atoms with Crippen LogP contribution in [0.1, 0.15) is 22.8 Å². The van der Waals surface area contributed by atoms with Crippen molar-refractivity contribution in [2.24, 2.45) is 0 Å². The van der Waals surface area contributed by atoms with Gasteiger partial charge in [0.2, 0.25) is 0 Å². The van der Waals surface area contributed by atoms with Gasteiger partial charge >= 0.3 is 5.97 Å². The molecule has 0 spiro atoms. The lowest BCUT2D eigenvalue weighted by molar-refractivity contribution is 0.0596. The van der Waals surface area contributed by atoms with Crippen molar-refractivity contribution in [1.82, 2.24) is 4.98 Å². The monoisotopic (exact) mass is 279 g/mol. The molecule has 5 heteroatoms. The molecule has 0 bridgehead atoms. The number of carbonyl (C=O) groups excluding carboxylic acids is 1. The number of ether oxygens (including phenoxy) is 1. The molecule has 2 rings (SSSR count). The molecule has 0 radical (unpaired) electrons. The quantitative estimate of drug-likeness (QED) is 0.784. The highest BCUT2D eigenvalue weighted by atomic mass is 35.5. The molecular formula is C14H11ClFNO2. The Hall–Kier alpha value is -1.94. The fourth-order valence-corrected chi connectivity index (χ4v) is 2.11. The molecule has 3 nitrogen and oxygen atoms in total. The third-order valence-corrected chi connectivity index (χ3v) is 3.16. The predicted molar refractivity (Wildman–Crippen MR) is 72.8 cm³/mol. The van der Waals surface area contributed by atoms with Crippen LogP contribution in [0.5, 0.6) is 0 Å². The molecule has 19 heavy (non-hydrogen) atoms. The van der Waals surface area contributed by atoms with Crippen molar-refractivity contribution in [2.75, 3.05) is 7.11 Å². The topological polar surface area (TPSA) is 39.2 Å². The lowest BCUT2D eigenvalue weighted by atomic mass is 10.1. The summed E-state index contributed by atoms with van der Waals surface area (Å²) in [6.45, 7) is 5.59. The van der Waals surface area contributed by atoms with Crippen molar-refractivity contribution in [3.05, 3.63) is 46.9 Å². The van der Waals surface area contributed by atoms with Gasteiger partial charge in [-0.15, -0.1) is 0 Å². The fraction of sp³-hybridized carbons (Fsp3) is 0.143. The molecule has 98 valence electrons. The first-order valence-electron chi connectivity index (χ1n) is 5.47. The maximum Gasteiger partial charge on any atom is 0.340 e. The van der Waals surface area contributed by atoms with Crippen molar-refractivity contribution in [3.8, 4) is 0 Å². The van der Waals surface area contributed by atoms with E-state index in [1.807, 2.05) is 0 Å². The largest absolute Gasteiger partial charge is 0.465 e. The van der Waals surface area contributed by atoms with Gasteiger partial charge in [0, 0.05) is 23.2 Å². The number of esters is 1. The van der Waals surface area contributed by atoms with E-state index in [0.717, 1.165) is 11.6 Å². The second-order valence-electron chi connectivity index (χ2n) is 4.11. The maximum absolute atomic E-state index is 13.7. The number of fused-ring (bicyclic) bond motifs is 1. The second-order valence-corrected chi connectivity index (χ2v) is 4.48. The minimum Gasteiger partial charge on any atom is -0.465 e. The Labute approximate surface area is 114 Å². The van der Waals surface area contributed by atoms with Crippen LogP contribution in [-0.2, 0) is 4.74 Å². The SMILES string of the molecule is C=C(C)c1cnc2cc(F)c(C(=O)OC)cc2c1Cl. The van der Waals surface area contributed by atoms with Crippen molar-refractivity contribution in [3.63, 3.8) is 0 Å². The Morgan fingerprint density at radius 1 is 1.42 bits per heavy atom. The highest BCUT2D eigenvalue weighted by molar-refractivity contribution is 6.37. The van der Waals surface area contributed by atoms with Gasteiger partial charge in [0.15, 0.2) is 0 Å². The van der Waals surface area contributed by atoms with Crippen molar-refractivity contribution in [2.45, 2.75) is 6.92 Å². The zero-order chi connectivity index (χ0) is 14.2. The van der Waals surface area contributed by atoms with E-state index in [4.69, 9.17) is 11.6 Å². The summed E-state index contributed by atoms with van der Waals surface area (Å²) in [6.07, 6.45) is 1.53. The average molecular weight is 280 g/mol. The van der Waals surface area contributed by atoms with Gasteiger partial charge in [0.05, 0.1) is 23.2 Å². The van der Waals surface area contributed by atoms with Crippen LogP contribution in [0.2, 0.25) is 5.02 Å². The summed E-state index contributed by atoms with van der Waals surface area (Å²) in [6, 6.07) is 2.51. The Morgan fingerprint density at radius 3 is 2.68 bits per heavy atom. The van der Waals surface area contributed by atoms with E-state index < -0.39 is 11.8 Å². The number of benzene rings is 1. The van der Waals surface area contributed by atoms with Gasteiger partial charge in [-0.05, 0) is 18.6 Å². The first kappa shape index (κ1) is 13.5. The van der Waals surface area contributed by atoms with Gasteiger partial charge in [0.25, 0.3) is 0 Å². The van der Waals surface area contributed by atoms with Crippen LogP contribution in [0.25, 0.3) is 16.5 Å². The van der Waals surface area contributed by atoms with Crippen LogP contribution < -0.4 is 0 Å². The van der Waals surface area contributed by atoms with Gasteiger partial charge in [-0.25, -0.2) is 9.18 Å². The average Bonchev–Trinajstić information content (AvgIpc) is 2.37. The summed E-state index contributed by atoms with van der Waals surface area (Å²) < 4.78 is 18.3. The van der Waals surface area contributed by atoms with Crippen LogP contribution in [0.3, 0.4) is 0 Å². The predicted octanol–water partition coefficient (Wildman–Crippen LogP) is 3.85. The molecule has 0 N–H and O–H groups in total. The minimum atomic E-state index is -0.754. The summed E-state index contributed by atoms with van der Waals surface area (Å²) in [4.78, 5) is 15.6. The van der Waals surface area contributed by atoms with Crippen molar-refractivity contribution >= 4 is 34.0 Å². The molecule has 0 atom stereocenters. The number of rotatable bonds is 2. The number of pyridine rings is 1. The Kier molecular flexibility index (Phi) is 3.53. The number of methoxy groups -OCH3 is 1. The molecule has 0 aliphatic heterocycles. The summed E-state index contributed by atoms with van der Waals surface area (Å²) in [5, 5.41) is 0.881. The van der Waals surface area contributed by atoms with Crippen LogP contribution in [-0.4, -0.2) is 18.1 Å². The van der Waals surface area contributed by atoms with E-state index in [1.54, 1.807) is 6.92 Å². The van der Waals surface area contributed by atoms with E-state index in [-0.39, 0.29) is 5.56 Å². The number of aromatic nitrogens is 1. The number of nitrogens with zero attached hydrogens (tertiary/aromatic N) is 1. The zero-order valence-corrected chi connectivity index (χ0v) is 11.2. The summed E-state index contributed by atoms with van der Waals surface area (Å²) in [5.41, 5.74) is 1.61. The van der Waals surface area contributed by atoms with Crippen molar-refractivity contribution in [1.29, 1.82) is 0 Å². The van der Waals surface area contributed by atoms with Gasteiger partial charge in [-0.3, -0.25) is 4.98 Å². The number of halogens is 2. The molecule has 2 aromatic rings. The highest BCUT2D eigenvalue weighted by Gasteiger charge is 2.16. The molecule has 1 aromatic heterocycles. The van der Waals surface area contributed by atoms with Crippen LogP contribution in [0.4, 0.5) is 4.39 Å². The molecule has 1 aromatic carbocycles. The van der Waals surface area contributed by atoms with Crippen LogP contribution in [0, 0.1) is 5.82 Å². The molecule has 0 aliphatic rings. The Morgan fingerprint density at radius 2 is 2.11 bits per heavy atom. The van der Waals surface area contributed by atoms with E-state index in [1.165, 1.54) is 19.4 Å². The maximum atomic E-state index is 13.7. The summed E-state index contributed by atoms with van der Waals surface area (Å²) in [5.74, 6) is -1.44. The molecule has 0 unspecified atom stereocenters. The summed E-state index contributed by atoms with van der Waals surface area (Å²) in [7, 11) is 1.19. The zero-order valence-electron chi connectivity index (χ0n) is 10.5. The molecule has 0 aliphatic carbocycles. The van der Waals surface area contributed by atoms with Crippen molar-refractivity contribution < 1.29 is 13.9 Å². The minimum absolute atomic E-state index is 0.169. The van der Waals surface area contributed by atoms with Crippen LogP contribution in [0.15, 0.2) is 24.9 Å². The molecule has 0 saturated carbocycles. The molecule has 1 heterocycles. The van der Waals surface area contributed by atoms with E-state index >= 15 is 0 Å². The van der Waals surface area contributed by atoms with Gasteiger partial charge in [-0.1, -0.05) is 18.2 Å². The first-order valence-corrected chi connectivity index (χ1v) is 5.85. The van der Waals surface area contributed by atoms with Gasteiger partial charge in [-0.2, -0.15) is 0 Å². The smallest absolute Gasteiger partial charge is 0.340 e. The lowest BCUT2D eigenvalue weighted by Crippen LogP contribution is -2.05. The van der Waals surface area contributed by atoms with Crippen LogP contribution >= 0.6 is 11.6 Å². The highest BCUT2D eigenvalue weighted by Crippen LogP contribution is 2.31. The number of allylic oxidation sites excluding steroid dienone is 1. The number of carbonyl (C=O) groups is 1. The van der Waals surface area contributed by atoms with E-state index in [2.05, 4.69) is 16.3 Å². The number of hydrogen-bond acceptors (Lipinski definition) is 3. The third kappa shape index (κ3) is 2.31. The van der Waals surface area contributed by atoms with E-state index in [0.29, 0.717) is 21.5 Å².